The van der Waals surface area contributed by atoms with Gasteiger partial charge in [0, 0.05) is 27.0 Å². The molecule has 1 unspecified atom stereocenters. The summed E-state index contributed by atoms with van der Waals surface area (Å²) in [5.74, 6) is 0. The van der Waals surface area contributed by atoms with Gasteiger partial charge >= 0.3 is 6.03 Å². The zero-order valence-corrected chi connectivity index (χ0v) is 19.1. The molecule has 1 N–H and O–H groups in total. The summed E-state index contributed by atoms with van der Waals surface area (Å²) in [6.07, 6.45) is 0.429. The van der Waals surface area contributed by atoms with Gasteiger partial charge in [0.1, 0.15) is 0 Å². The van der Waals surface area contributed by atoms with E-state index in [4.69, 9.17) is 23.2 Å². The predicted octanol–water partition coefficient (Wildman–Crippen LogP) is 6.33. The maximum atomic E-state index is 14.0. The van der Waals surface area contributed by atoms with Gasteiger partial charge in [0.05, 0.1) is 17.2 Å². The van der Waals surface area contributed by atoms with Crippen molar-refractivity contribution in [1.29, 1.82) is 5.26 Å². The van der Waals surface area contributed by atoms with Crippen LogP contribution in [-0.2, 0) is 5.72 Å². The summed E-state index contributed by atoms with van der Waals surface area (Å²) in [5, 5.41) is 22.9. The minimum atomic E-state index is -1.78. The highest BCUT2D eigenvalue weighted by molar-refractivity contribution is 6.31. The van der Waals surface area contributed by atoms with Crippen molar-refractivity contribution in [2.75, 3.05) is 9.80 Å². The second-order valence-electron chi connectivity index (χ2n) is 7.90. The van der Waals surface area contributed by atoms with Crippen molar-refractivity contribution in [3.8, 4) is 6.07 Å². The molecule has 1 fully saturated rings. The molecule has 1 heterocycles. The highest BCUT2D eigenvalue weighted by Crippen LogP contribution is 2.52. The molecule has 0 saturated carbocycles. The third kappa shape index (κ3) is 3.23. The molecule has 1 aliphatic rings. The van der Waals surface area contributed by atoms with Gasteiger partial charge in [0.15, 0.2) is 5.72 Å². The van der Waals surface area contributed by atoms with E-state index in [1.165, 1.54) is 4.90 Å². The number of carbonyl (C=O) groups is 1. The number of hydrogen-bond donors (Lipinski definition) is 1. The Labute approximate surface area is 197 Å². The summed E-state index contributed by atoms with van der Waals surface area (Å²) in [4.78, 5) is 16.9. The van der Waals surface area contributed by atoms with E-state index in [9.17, 15) is 15.2 Å². The van der Waals surface area contributed by atoms with Gasteiger partial charge in [-0.25, -0.2) is 4.79 Å². The van der Waals surface area contributed by atoms with Crippen LogP contribution in [-0.4, -0.2) is 16.7 Å². The molecule has 1 aliphatic heterocycles. The van der Waals surface area contributed by atoms with Crippen LogP contribution in [0.15, 0.2) is 72.8 Å². The normalized spacial score (nSPS) is 22.8. The van der Waals surface area contributed by atoms with Crippen LogP contribution in [0, 0.1) is 11.3 Å². The Morgan fingerprint density at radius 3 is 1.97 bits per heavy atom. The van der Waals surface area contributed by atoms with Gasteiger partial charge in [-0.2, -0.15) is 5.26 Å². The zero-order valence-electron chi connectivity index (χ0n) is 17.6. The van der Waals surface area contributed by atoms with Crippen LogP contribution in [0.4, 0.5) is 16.2 Å². The van der Waals surface area contributed by atoms with Crippen LogP contribution in [0.1, 0.15) is 31.4 Å². The lowest BCUT2D eigenvalue weighted by atomic mass is 9.79. The molecule has 32 heavy (non-hydrogen) atoms. The average Bonchev–Trinajstić information content (AvgIpc) is 2.99. The van der Waals surface area contributed by atoms with E-state index in [0.717, 1.165) is 0 Å². The molecule has 2 atom stereocenters. The first-order chi connectivity index (χ1) is 15.3. The lowest BCUT2D eigenvalue weighted by Gasteiger charge is -2.44. The second-order valence-corrected chi connectivity index (χ2v) is 8.77. The highest BCUT2D eigenvalue weighted by Gasteiger charge is 2.65. The molecule has 0 bridgehead atoms. The molecule has 1 saturated heterocycles. The van der Waals surface area contributed by atoms with E-state index in [0.29, 0.717) is 39.0 Å². The SMILES string of the molecule is CC[C@]1(C)N(c2ccc(Cl)cc2)C(=O)N(c2ccc(Cl)cc2)C1(O)c1cccc(C#N)c1. The van der Waals surface area contributed by atoms with Gasteiger partial charge in [-0.05, 0) is 74.0 Å². The fourth-order valence-corrected chi connectivity index (χ4v) is 4.62. The van der Waals surface area contributed by atoms with Gasteiger partial charge in [0.25, 0.3) is 0 Å². The van der Waals surface area contributed by atoms with Crippen molar-refractivity contribution in [3.05, 3.63) is 94.0 Å². The number of nitrogens with zero attached hydrogens (tertiary/aromatic N) is 3. The van der Waals surface area contributed by atoms with Crippen LogP contribution in [0.5, 0.6) is 0 Å². The largest absolute Gasteiger partial charge is 0.364 e. The zero-order chi connectivity index (χ0) is 23.1. The molecule has 2 amide bonds. The van der Waals surface area contributed by atoms with E-state index >= 15 is 0 Å². The first-order valence-electron chi connectivity index (χ1n) is 10.1. The molecule has 4 rings (SSSR count). The molecule has 0 aromatic heterocycles. The molecule has 0 radical (unpaired) electrons. The lowest BCUT2D eigenvalue weighted by molar-refractivity contribution is -0.0117. The van der Waals surface area contributed by atoms with Crippen molar-refractivity contribution in [2.24, 2.45) is 0 Å². The number of halogens is 2. The second kappa shape index (κ2) is 8.14. The summed E-state index contributed by atoms with van der Waals surface area (Å²) in [6, 6.07) is 22.1. The number of nitriles is 1. The number of carbonyl (C=O) groups excluding carboxylic acids is 1. The summed E-state index contributed by atoms with van der Waals surface area (Å²) >= 11 is 12.2. The van der Waals surface area contributed by atoms with Gasteiger partial charge in [0.2, 0.25) is 0 Å². The Kier molecular flexibility index (Phi) is 5.64. The van der Waals surface area contributed by atoms with Crippen molar-refractivity contribution < 1.29 is 9.90 Å². The molecular weight excluding hydrogens is 445 g/mol. The van der Waals surface area contributed by atoms with Crippen molar-refractivity contribution in [1.82, 2.24) is 0 Å². The molecule has 3 aromatic carbocycles. The van der Waals surface area contributed by atoms with E-state index in [1.807, 2.05) is 13.8 Å². The van der Waals surface area contributed by atoms with Gasteiger partial charge in [-0.3, -0.25) is 9.80 Å². The fourth-order valence-electron chi connectivity index (χ4n) is 4.37. The molecule has 0 aliphatic carbocycles. The van der Waals surface area contributed by atoms with E-state index in [2.05, 4.69) is 6.07 Å². The first-order valence-corrected chi connectivity index (χ1v) is 10.9. The van der Waals surface area contributed by atoms with Gasteiger partial charge in [-0.15, -0.1) is 0 Å². The smallest absolute Gasteiger partial charge is 0.332 e. The highest BCUT2D eigenvalue weighted by atomic mass is 35.5. The molecular formula is C25H21Cl2N3O2. The number of anilines is 2. The summed E-state index contributed by atoms with van der Waals surface area (Å²) < 4.78 is 0. The third-order valence-electron chi connectivity index (χ3n) is 6.20. The Morgan fingerprint density at radius 2 is 1.47 bits per heavy atom. The van der Waals surface area contributed by atoms with E-state index in [-0.39, 0.29) is 0 Å². The Morgan fingerprint density at radius 1 is 0.938 bits per heavy atom. The van der Waals surface area contributed by atoms with Crippen LogP contribution < -0.4 is 9.80 Å². The third-order valence-corrected chi connectivity index (χ3v) is 6.71. The molecule has 5 nitrogen and oxygen atoms in total. The minimum absolute atomic E-state index is 0.392. The number of amides is 2. The van der Waals surface area contributed by atoms with E-state index < -0.39 is 17.3 Å². The maximum absolute atomic E-state index is 14.0. The standard InChI is InChI=1S/C25H21Cl2N3O2/c1-3-24(2)25(32,18-6-4-5-17(15-18)16-28)30(22-13-9-20(27)10-14-22)23(31)29(24)21-11-7-19(26)8-12-21/h4-15,32H,3H2,1-2H3/t24-,25?/m0/s1. The number of urea groups is 1. The number of hydrogen-bond acceptors (Lipinski definition) is 3. The average molecular weight is 466 g/mol. The first kappa shape index (κ1) is 22.2. The summed E-state index contributed by atoms with van der Waals surface area (Å²) in [7, 11) is 0. The Hall–Kier alpha value is -3.04. The molecule has 0 spiro atoms. The van der Waals surface area contributed by atoms with Crippen LogP contribution in [0.2, 0.25) is 10.0 Å². The van der Waals surface area contributed by atoms with Crippen molar-refractivity contribution >= 4 is 40.6 Å². The monoisotopic (exact) mass is 465 g/mol. The maximum Gasteiger partial charge on any atom is 0.332 e. The summed E-state index contributed by atoms with van der Waals surface area (Å²) in [6.45, 7) is 3.76. The Balaban J connectivity index is 2.01. The topological polar surface area (TPSA) is 67.6 Å². The lowest BCUT2D eigenvalue weighted by Crippen LogP contribution is -2.57. The van der Waals surface area contributed by atoms with Crippen LogP contribution in [0.25, 0.3) is 0 Å². The molecule has 3 aromatic rings. The van der Waals surface area contributed by atoms with Crippen LogP contribution >= 0.6 is 23.2 Å². The predicted molar refractivity (Wildman–Crippen MR) is 127 cm³/mol. The van der Waals surface area contributed by atoms with Gasteiger partial charge in [-0.1, -0.05) is 42.3 Å². The minimum Gasteiger partial charge on any atom is -0.364 e. The van der Waals surface area contributed by atoms with Gasteiger partial charge < -0.3 is 5.11 Å². The van der Waals surface area contributed by atoms with Crippen molar-refractivity contribution in [3.63, 3.8) is 0 Å². The van der Waals surface area contributed by atoms with Crippen molar-refractivity contribution in [2.45, 2.75) is 31.5 Å². The number of rotatable bonds is 4. The summed E-state index contributed by atoms with van der Waals surface area (Å²) in [5.41, 5.74) is -0.927. The van der Waals surface area contributed by atoms with Crippen LogP contribution in [0.3, 0.4) is 0 Å². The van der Waals surface area contributed by atoms with E-state index in [1.54, 1.807) is 77.7 Å². The Bertz CT molecular complexity index is 1210. The fraction of sp³-hybridized carbons (Fsp3) is 0.200. The number of benzene rings is 3. The molecule has 7 heteroatoms. The number of aliphatic hydroxyl groups is 1. The molecule has 162 valence electrons. The quantitative estimate of drug-likeness (QED) is 0.489.